The summed E-state index contributed by atoms with van der Waals surface area (Å²) in [5.41, 5.74) is 3.62. The van der Waals surface area contributed by atoms with Crippen molar-refractivity contribution in [3.05, 3.63) is 62.9 Å². The summed E-state index contributed by atoms with van der Waals surface area (Å²) in [6.07, 6.45) is 0.321. The average molecular weight is 464 g/mol. The molecular weight excluding hydrogens is 437 g/mol. The van der Waals surface area contributed by atoms with Gasteiger partial charge < -0.3 is 24.0 Å². The highest BCUT2D eigenvalue weighted by Crippen LogP contribution is 2.48. The van der Waals surface area contributed by atoms with Gasteiger partial charge in [0, 0.05) is 28.6 Å². The Hall–Kier alpha value is -3.39. The fourth-order valence-electron chi connectivity index (χ4n) is 5.53. The number of aryl methyl sites for hydroxylation is 1. The SMILES string of the molecule is C=C1OCc2c(cc3n(c2=O)Cc2c-3nc3cc(F)c4c(c3c2C)N(C(C)C)CO4)[C@@]1(O)CC. The Morgan fingerprint density at radius 3 is 2.76 bits per heavy atom. The molecule has 0 radical (unpaired) electrons. The van der Waals surface area contributed by atoms with Gasteiger partial charge in [-0.25, -0.2) is 9.37 Å². The van der Waals surface area contributed by atoms with E-state index in [1.807, 2.05) is 38.7 Å². The molecule has 0 spiro atoms. The van der Waals surface area contributed by atoms with Crippen LogP contribution in [0, 0.1) is 12.7 Å². The molecule has 0 fully saturated rings. The number of fused-ring (bicyclic) bond motifs is 7. The van der Waals surface area contributed by atoms with E-state index in [1.165, 1.54) is 6.07 Å². The molecule has 1 aromatic carbocycles. The Balaban J connectivity index is 1.65. The molecule has 5 heterocycles. The van der Waals surface area contributed by atoms with Crippen molar-refractivity contribution in [2.45, 2.75) is 58.9 Å². The molecule has 0 unspecified atom stereocenters. The van der Waals surface area contributed by atoms with E-state index in [0.29, 0.717) is 46.7 Å². The monoisotopic (exact) mass is 463 g/mol. The van der Waals surface area contributed by atoms with E-state index in [9.17, 15) is 9.90 Å². The molecule has 34 heavy (non-hydrogen) atoms. The third kappa shape index (κ3) is 2.49. The first-order valence-electron chi connectivity index (χ1n) is 11.5. The maximum absolute atomic E-state index is 15.0. The summed E-state index contributed by atoms with van der Waals surface area (Å²) >= 11 is 0. The number of nitrogens with zero attached hydrogens (tertiary/aromatic N) is 3. The molecule has 0 aliphatic carbocycles. The molecule has 3 aliphatic heterocycles. The molecule has 0 saturated carbocycles. The average Bonchev–Trinajstić information content (AvgIpc) is 3.40. The van der Waals surface area contributed by atoms with Crippen LogP contribution in [0.3, 0.4) is 0 Å². The van der Waals surface area contributed by atoms with E-state index >= 15 is 4.39 Å². The Bertz CT molecular complexity index is 1490. The predicted molar refractivity (Wildman–Crippen MR) is 126 cm³/mol. The molecule has 6 rings (SSSR count). The van der Waals surface area contributed by atoms with Crippen molar-refractivity contribution < 1.29 is 19.0 Å². The predicted octanol–water partition coefficient (Wildman–Crippen LogP) is 4.08. The minimum absolute atomic E-state index is 0.0692. The molecule has 0 amide bonds. The molecular formula is C26H26FN3O4. The highest BCUT2D eigenvalue weighted by Gasteiger charge is 2.42. The third-order valence-electron chi connectivity index (χ3n) is 7.56. The van der Waals surface area contributed by atoms with Gasteiger partial charge in [-0.3, -0.25) is 4.79 Å². The van der Waals surface area contributed by atoms with Gasteiger partial charge in [0.25, 0.3) is 5.56 Å². The fourth-order valence-corrected chi connectivity index (χ4v) is 5.53. The van der Waals surface area contributed by atoms with Crippen molar-refractivity contribution in [3.63, 3.8) is 0 Å². The first-order valence-corrected chi connectivity index (χ1v) is 11.5. The third-order valence-corrected chi connectivity index (χ3v) is 7.56. The van der Waals surface area contributed by atoms with Crippen LogP contribution in [0.15, 0.2) is 29.3 Å². The standard InChI is InChI=1S/C26H26FN3O4/c1-6-26(32)14(5)33-10-16-17(26)7-20-22-15(9-29(20)25(16)31)13(4)21-19(28-22)8-18(27)24-23(21)30(11-34-24)12(2)3/h7-8,12,32H,5-6,9-11H2,1-4H3/t26-/m1/s1. The lowest BCUT2D eigenvalue weighted by molar-refractivity contribution is -0.0172. The van der Waals surface area contributed by atoms with Gasteiger partial charge >= 0.3 is 0 Å². The summed E-state index contributed by atoms with van der Waals surface area (Å²) in [4.78, 5) is 20.4. The van der Waals surface area contributed by atoms with Crippen molar-refractivity contribution in [1.29, 1.82) is 0 Å². The Morgan fingerprint density at radius 1 is 1.29 bits per heavy atom. The molecule has 2 aromatic heterocycles. The van der Waals surface area contributed by atoms with Crippen molar-refractivity contribution in [3.8, 4) is 17.1 Å². The minimum atomic E-state index is -1.45. The van der Waals surface area contributed by atoms with Gasteiger partial charge in [0.05, 0.1) is 34.7 Å². The second-order valence-corrected chi connectivity index (χ2v) is 9.57. The highest BCUT2D eigenvalue weighted by molar-refractivity contribution is 6.01. The van der Waals surface area contributed by atoms with Gasteiger partial charge in [0.1, 0.15) is 18.0 Å². The van der Waals surface area contributed by atoms with Crippen LogP contribution in [0.5, 0.6) is 5.75 Å². The van der Waals surface area contributed by atoms with E-state index in [0.717, 1.165) is 16.5 Å². The van der Waals surface area contributed by atoms with E-state index < -0.39 is 11.4 Å². The summed E-state index contributed by atoms with van der Waals surface area (Å²) < 4.78 is 28.0. The lowest BCUT2D eigenvalue weighted by Crippen LogP contribution is -2.38. The van der Waals surface area contributed by atoms with Gasteiger partial charge in [-0.2, -0.15) is 0 Å². The zero-order valence-electron chi connectivity index (χ0n) is 19.7. The fraction of sp³-hybridized carbons (Fsp3) is 0.385. The van der Waals surface area contributed by atoms with Crippen LogP contribution in [0.2, 0.25) is 0 Å². The van der Waals surface area contributed by atoms with Gasteiger partial charge in [-0.15, -0.1) is 0 Å². The summed E-state index contributed by atoms with van der Waals surface area (Å²) in [6.45, 7) is 12.5. The quantitative estimate of drug-likeness (QED) is 0.483. The summed E-state index contributed by atoms with van der Waals surface area (Å²) in [6, 6.07) is 3.35. The molecule has 3 aliphatic rings. The Labute approximate surface area is 196 Å². The zero-order chi connectivity index (χ0) is 24.1. The number of aromatic nitrogens is 2. The van der Waals surface area contributed by atoms with E-state index in [4.69, 9.17) is 14.5 Å². The van der Waals surface area contributed by atoms with Gasteiger partial charge in [-0.05, 0) is 38.8 Å². The number of rotatable bonds is 2. The molecule has 1 N–H and O–H groups in total. The van der Waals surface area contributed by atoms with Crippen LogP contribution in [-0.4, -0.2) is 27.4 Å². The number of pyridine rings is 2. The molecule has 1 atom stereocenters. The smallest absolute Gasteiger partial charge is 0.258 e. The molecule has 0 saturated heterocycles. The number of anilines is 1. The maximum atomic E-state index is 15.0. The normalized spacial score (nSPS) is 20.2. The minimum Gasteiger partial charge on any atom is -0.490 e. The number of aliphatic hydroxyl groups is 1. The van der Waals surface area contributed by atoms with Gasteiger partial charge in [0.15, 0.2) is 18.3 Å². The van der Waals surface area contributed by atoms with Crippen LogP contribution in [0.4, 0.5) is 10.1 Å². The van der Waals surface area contributed by atoms with Crippen LogP contribution >= 0.6 is 0 Å². The Morgan fingerprint density at radius 2 is 2.06 bits per heavy atom. The highest BCUT2D eigenvalue weighted by atomic mass is 19.1. The lowest BCUT2D eigenvalue weighted by Gasteiger charge is -2.35. The van der Waals surface area contributed by atoms with Crippen LogP contribution in [0.1, 0.15) is 49.4 Å². The topological polar surface area (TPSA) is 76.8 Å². The summed E-state index contributed by atoms with van der Waals surface area (Å²) in [7, 11) is 0. The molecule has 0 bridgehead atoms. The first kappa shape index (κ1) is 21.2. The molecule has 8 heteroatoms. The molecule has 3 aromatic rings. The van der Waals surface area contributed by atoms with Gasteiger partial charge in [-0.1, -0.05) is 13.5 Å². The summed E-state index contributed by atoms with van der Waals surface area (Å²) in [5, 5.41) is 12.1. The number of hydrogen-bond donors (Lipinski definition) is 1. The van der Waals surface area contributed by atoms with Crippen LogP contribution in [0.25, 0.3) is 22.3 Å². The number of ether oxygens (including phenoxy) is 2. The second kappa shape index (κ2) is 6.82. The van der Waals surface area contributed by atoms with Gasteiger partial charge in [0.2, 0.25) is 0 Å². The number of benzene rings is 1. The van der Waals surface area contributed by atoms with Crippen molar-refractivity contribution in [2.75, 3.05) is 11.6 Å². The molecule has 7 nitrogen and oxygen atoms in total. The van der Waals surface area contributed by atoms with Crippen molar-refractivity contribution in [2.24, 2.45) is 0 Å². The second-order valence-electron chi connectivity index (χ2n) is 9.57. The summed E-state index contributed by atoms with van der Waals surface area (Å²) in [5.74, 6) is 0.0316. The first-order chi connectivity index (χ1) is 16.2. The lowest BCUT2D eigenvalue weighted by atomic mass is 9.84. The maximum Gasteiger partial charge on any atom is 0.258 e. The number of halogens is 1. The number of hydrogen-bond acceptors (Lipinski definition) is 6. The van der Waals surface area contributed by atoms with Crippen LogP contribution < -0.4 is 15.2 Å². The zero-order valence-corrected chi connectivity index (χ0v) is 19.7. The van der Waals surface area contributed by atoms with E-state index in [2.05, 4.69) is 6.58 Å². The van der Waals surface area contributed by atoms with Crippen LogP contribution in [-0.2, 0) is 23.5 Å². The Kier molecular flexibility index (Phi) is 4.25. The van der Waals surface area contributed by atoms with E-state index in [1.54, 1.807) is 4.57 Å². The largest absolute Gasteiger partial charge is 0.490 e. The van der Waals surface area contributed by atoms with Crippen molar-refractivity contribution >= 4 is 16.6 Å². The van der Waals surface area contributed by atoms with E-state index in [-0.39, 0.29) is 36.4 Å². The van der Waals surface area contributed by atoms with Crippen molar-refractivity contribution in [1.82, 2.24) is 9.55 Å². The molecule has 176 valence electrons.